The number of rotatable bonds is 3. The van der Waals surface area contributed by atoms with Gasteiger partial charge in [-0.2, -0.15) is 31.6 Å². The zero-order valence-electron chi connectivity index (χ0n) is 12.5. The number of nitriles is 1. The molecular formula is C15H7Cl2F6N3. The lowest BCUT2D eigenvalue weighted by atomic mass is 9.99. The van der Waals surface area contributed by atoms with Crippen molar-refractivity contribution in [1.82, 2.24) is 9.97 Å². The molecule has 0 bridgehead atoms. The molecule has 0 aliphatic heterocycles. The molecule has 2 heterocycles. The van der Waals surface area contributed by atoms with E-state index in [1.807, 2.05) is 0 Å². The Morgan fingerprint density at radius 2 is 1.42 bits per heavy atom. The fourth-order valence-electron chi connectivity index (χ4n) is 2.03. The largest absolute Gasteiger partial charge is 0.417 e. The molecule has 3 nitrogen and oxygen atoms in total. The predicted molar refractivity (Wildman–Crippen MR) is 80.6 cm³/mol. The molecule has 0 spiro atoms. The fraction of sp³-hybridized carbons (Fsp3) is 0.267. The first-order valence-electron chi connectivity index (χ1n) is 6.77. The summed E-state index contributed by atoms with van der Waals surface area (Å²) in [4.78, 5) is 7.16. The minimum absolute atomic E-state index is 0.0380. The van der Waals surface area contributed by atoms with Crippen molar-refractivity contribution in [2.45, 2.75) is 24.7 Å². The van der Waals surface area contributed by atoms with E-state index in [4.69, 9.17) is 23.2 Å². The molecule has 2 aromatic rings. The van der Waals surface area contributed by atoms with Gasteiger partial charge in [-0.1, -0.05) is 23.2 Å². The maximum Gasteiger partial charge on any atom is 0.417 e. The molecule has 1 atom stereocenters. The zero-order valence-corrected chi connectivity index (χ0v) is 14.0. The van der Waals surface area contributed by atoms with Gasteiger partial charge in [-0.3, -0.25) is 9.97 Å². The van der Waals surface area contributed by atoms with Crippen LogP contribution >= 0.6 is 23.2 Å². The lowest BCUT2D eigenvalue weighted by molar-refractivity contribution is -0.138. The molecule has 26 heavy (non-hydrogen) atoms. The monoisotopic (exact) mass is 413 g/mol. The summed E-state index contributed by atoms with van der Waals surface area (Å²) < 4.78 is 75.7. The Labute approximate surface area is 153 Å². The van der Waals surface area contributed by atoms with E-state index in [-0.39, 0.29) is 22.8 Å². The van der Waals surface area contributed by atoms with Crippen LogP contribution in [-0.4, -0.2) is 9.97 Å². The molecule has 0 fully saturated rings. The van der Waals surface area contributed by atoms with Crippen LogP contribution in [-0.2, 0) is 18.8 Å². The molecule has 0 amide bonds. The third-order valence-electron chi connectivity index (χ3n) is 3.33. The average Bonchev–Trinajstić information content (AvgIpc) is 2.52. The standard InChI is InChI=1S/C15H7Cl2F6N3/c16-10-2-8(14(18,19)20)5-25-12(10)1-7(4-24)13-11(17)3-9(6-26-13)15(21,22)23/h2-3,5-7H,1H2/t7-/m1/s1. The van der Waals surface area contributed by atoms with Gasteiger partial charge in [0.2, 0.25) is 0 Å². The quantitative estimate of drug-likeness (QED) is 0.609. The summed E-state index contributed by atoms with van der Waals surface area (Å²) in [7, 11) is 0. The Balaban J connectivity index is 2.32. The molecular weight excluding hydrogens is 407 g/mol. The highest BCUT2D eigenvalue weighted by molar-refractivity contribution is 6.31. The second-order valence-corrected chi connectivity index (χ2v) is 5.94. The molecule has 138 valence electrons. The third-order valence-corrected chi connectivity index (χ3v) is 3.96. The van der Waals surface area contributed by atoms with Gasteiger partial charge in [0.05, 0.1) is 44.5 Å². The Hall–Kier alpha value is -2.05. The molecule has 0 unspecified atom stereocenters. The first-order chi connectivity index (χ1) is 11.9. The van der Waals surface area contributed by atoms with Crippen molar-refractivity contribution < 1.29 is 26.3 Å². The van der Waals surface area contributed by atoms with E-state index >= 15 is 0 Å². The summed E-state index contributed by atoms with van der Waals surface area (Å²) in [5, 5.41) is 8.52. The van der Waals surface area contributed by atoms with Crippen LogP contribution in [0.3, 0.4) is 0 Å². The van der Waals surface area contributed by atoms with Crippen LogP contribution in [0.4, 0.5) is 26.3 Å². The van der Waals surface area contributed by atoms with Crippen LogP contribution in [0.2, 0.25) is 10.0 Å². The lowest BCUT2D eigenvalue weighted by Crippen LogP contribution is -2.11. The predicted octanol–water partition coefficient (Wildman–Crippen LogP) is 5.67. The number of nitrogens with zero attached hydrogens (tertiary/aromatic N) is 3. The molecule has 0 N–H and O–H groups in total. The van der Waals surface area contributed by atoms with E-state index in [1.54, 1.807) is 6.07 Å². The Morgan fingerprint density at radius 1 is 0.923 bits per heavy atom. The summed E-state index contributed by atoms with van der Waals surface area (Å²) in [5.41, 5.74) is -2.34. The van der Waals surface area contributed by atoms with Gasteiger partial charge in [0.25, 0.3) is 0 Å². The number of alkyl halides is 6. The smallest absolute Gasteiger partial charge is 0.259 e. The van der Waals surface area contributed by atoms with Crippen LogP contribution in [0.25, 0.3) is 0 Å². The van der Waals surface area contributed by atoms with Crippen molar-refractivity contribution >= 4 is 23.2 Å². The van der Waals surface area contributed by atoms with Gasteiger partial charge < -0.3 is 0 Å². The molecule has 0 saturated carbocycles. The van der Waals surface area contributed by atoms with Crippen LogP contribution in [0, 0.1) is 11.3 Å². The summed E-state index contributed by atoms with van der Waals surface area (Å²) in [6, 6.07) is 3.06. The number of hydrogen-bond donors (Lipinski definition) is 0. The molecule has 2 aromatic heterocycles. The van der Waals surface area contributed by atoms with E-state index in [1.165, 1.54) is 0 Å². The number of aromatic nitrogens is 2. The zero-order chi connectivity index (χ0) is 19.7. The topological polar surface area (TPSA) is 49.6 Å². The minimum atomic E-state index is -4.66. The highest BCUT2D eigenvalue weighted by Crippen LogP contribution is 2.35. The number of hydrogen-bond acceptors (Lipinski definition) is 3. The molecule has 0 aromatic carbocycles. The summed E-state index contributed by atoms with van der Waals surface area (Å²) >= 11 is 11.6. The van der Waals surface area contributed by atoms with Crippen molar-refractivity contribution in [3.8, 4) is 6.07 Å². The average molecular weight is 414 g/mol. The van der Waals surface area contributed by atoms with Gasteiger partial charge in [-0.15, -0.1) is 0 Å². The van der Waals surface area contributed by atoms with Gasteiger partial charge >= 0.3 is 12.4 Å². The highest BCUT2D eigenvalue weighted by Gasteiger charge is 2.33. The van der Waals surface area contributed by atoms with E-state index in [0.29, 0.717) is 24.5 Å². The van der Waals surface area contributed by atoms with Crippen molar-refractivity contribution in [3.63, 3.8) is 0 Å². The normalized spacial score (nSPS) is 13.3. The minimum Gasteiger partial charge on any atom is -0.259 e. The maximum atomic E-state index is 12.6. The van der Waals surface area contributed by atoms with Crippen molar-refractivity contribution in [3.05, 3.63) is 57.1 Å². The summed E-state index contributed by atoms with van der Waals surface area (Å²) in [5.74, 6) is -1.15. The molecule has 0 aliphatic rings. The SMILES string of the molecule is N#C[C@@H](Cc1ncc(C(F)(F)F)cc1Cl)c1ncc(C(F)(F)F)cc1Cl. The van der Waals surface area contributed by atoms with Gasteiger partial charge in [0, 0.05) is 18.8 Å². The Bertz CT molecular complexity index is 858. The van der Waals surface area contributed by atoms with Crippen molar-refractivity contribution in [2.24, 2.45) is 0 Å². The van der Waals surface area contributed by atoms with Crippen LogP contribution < -0.4 is 0 Å². The van der Waals surface area contributed by atoms with Gasteiger partial charge in [-0.25, -0.2) is 0 Å². The van der Waals surface area contributed by atoms with Crippen molar-refractivity contribution in [2.75, 3.05) is 0 Å². The first kappa shape index (κ1) is 20.3. The van der Waals surface area contributed by atoms with Gasteiger partial charge in [0.1, 0.15) is 0 Å². The molecule has 0 aliphatic carbocycles. The molecule has 11 heteroatoms. The second-order valence-electron chi connectivity index (χ2n) is 5.12. The summed E-state index contributed by atoms with van der Waals surface area (Å²) in [6.45, 7) is 0. The molecule has 2 rings (SSSR count). The van der Waals surface area contributed by atoms with Gasteiger partial charge in [0.15, 0.2) is 0 Å². The van der Waals surface area contributed by atoms with Crippen molar-refractivity contribution in [1.29, 1.82) is 5.26 Å². The lowest BCUT2D eigenvalue weighted by Gasteiger charge is -2.14. The first-order valence-corrected chi connectivity index (χ1v) is 7.53. The second kappa shape index (κ2) is 7.29. The molecule has 0 saturated heterocycles. The van der Waals surface area contributed by atoms with E-state index in [9.17, 15) is 31.6 Å². The Morgan fingerprint density at radius 3 is 1.85 bits per heavy atom. The number of pyridine rings is 2. The van der Waals surface area contributed by atoms with Crippen LogP contribution in [0.5, 0.6) is 0 Å². The fourth-order valence-corrected chi connectivity index (χ4v) is 2.57. The number of halogens is 8. The third kappa shape index (κ3) is 4.56. The maximum absolute atomic E-state index is 12.6. The Kier molecular flexibility index (Phi) is 5.68. The van der Waals surface area contributed by atoms with E-state index in [0.717, 1.165) is 0 Å². The van der Waals surface area contributed by atoms with E-state index < -0.39 is 34.4 Å². The highest BCUT2D eigenvalue weighted by atomic mass is 35.5. The van der Waals surface area contributed by atoms with Crippen LogP contribution in [0.1, 0.15) is 28.4 Å². The molecule has 0 radical (unpaired) electrons. The summed E-state index contributed by atoms with van der Waals surface area (Å²) in [6.07, 6.45) is -8.49. The van der Waals surface area contributed by atoms with Gasteiger partial charge in [-0.05, 0) is 12.1 Å². The van der Waals surface area contributed by atoms with E-state index in [2.05, 4.69) is 9.97 Å². The van der Waals surface area contributed by atoms with Crippen LogP contribution in [0.15, 0.2) is 24.5 Å².